The molecule has 0 radical (unpaired) electrons. The molecule has 1 atom stereocenters. The highest BCUT2D eigenvalue weighted by atomic mass is 79.9. The van der Waals surface area contributed by atoms with Crippen molar-refractivity contribution in [3.05, 3.63) is 58.0 Å². The minimum absolute atomic E-state index is 0.126. The van der Waals surface area contributed by atoms with E-state index in [1.54, 1.807) is 0 Å². The van der Waals surface area contributed by atoms with Crippen LogP contribution in [-0.4, -0.2) is 0 Å². The number of halogens is 2. The predicted octanol–water partition coefficient (Wildman–Crippen LogP) is 5.09. The summed E-state index contributed by atoms with van der Waals surface area (Å²) in [6.07, 6.45) is 0.931. The normalized spacial score (nSPS) is 12.7. The summed E-state index contributed by atoms with van der Waals surface area (Å²) in [5.74, 6) is 1.98. The van der Waals surface area contributed by atoms with E-state index < -0.39 is 0 Å². The number of hydrogen-bond donors (Lipinski definition) is 0. The molecular formula is C13H12Br2O. The third-order valence-electron chi connectivity index (χ3n) is 2.44. The molecule has 1 aromatic carbocycles. The number of rotatable bonds is 3. The van der Waals surface area contributed by atoms with E-state index in [-0.39, 0.29) is 4.83 Å². The van der Waals surface area contributed by atoms with Crippen molar-refractivity contribution in [1.82, 2.24) is 0 Å². The Morgan fingerprint density at radius 3 is 2.38 bits per heavy atom. The fourth-order valence-corrected chi connectivity index (χ4v) is 2.33. The lowest BCUT2D eigenvalue weighted by Crippen LogP contribution is -1.89. The molecule has 0 saturated heterocycles. The van der Waals surface area contributed by atoms with E-state index in [0.717, 1.165) is 22.4 Å². The van der Waals surface area contributed by atoms with Gasteiger partial charge in [-0.1, -0.05) is 50.9 Å². The lowest BCUT2D eigenvalue weighted by molar-refractivity contribution is 0.477. The van der Waals surface area contributed by atoms with E-state index in [0.29, 0.717) is 0 Å². The molecule has 0 aliphatic carbocycles. The van der Waals surface area contributed by atoms with Gasteiger partial charge in [0.2, 0.25) is 0 Å². The lowest BCUT2D eigenvalue weighted by atomic mass is 10.1. The zero-order valence-electron chi connectivity index (χ0n) is 8.91. The summed E-state index contributed by atoms with van der Waals surface area (Å²) in [5, 5.41) is 0. The number of hydrogen-bond acceptors (Lipinski definition) is 1. The van der Waals surface area contributed by atoms with Crippen LogP contribution in [-0.2, 0) is 6.42 Å². The van der Waals surface area contributed by atoms with E-state index in [9.17, 15) is 0 Å². The molecule has 0 spiro atoms. The lowest BCUT2D eigenvalue weighted by Gasteiger charge is -2.07. The smallest absolute Gasteiger partial charge is 0.122 e. The molecule has 1 heterocycles. The van der Waals surface area contributed by atoms with Crippen molar-refractivity contribution in [2.75, 3.05) is 0 Å². The van der Waals surface area contributed by atoms with Crippen LogP contribution in [0.3, 0.4) is 0 Å². The van der Waals surface area contributed by atoms with Gasteiger partial charge in [-0.2, -0.15) is 0 Å². The van der Waals surface area contributed by atoms with Crippen molar-refractivity contribution in [3.8, 4) is 0 Å². The van der Waals surface area contributed by atoms with Gasteiger partial charge in [0.15, 0.2) is 0 Å². The van der Waals surface area contributed by atoms with Gasteiger partial charge in [0.25, 0.3) is 0 Å². The first-order valence-corrected chi connectivity index (χ1v) is 6.89. The molecule has 0 aliphatic heterocycles. The maximum Gasteiger partial charge on any atom is 0.122 e. The molecule has 3 heteroatoms. The number of benzene rings is 1. The second kappa shape index (κ2) is 5.19. The maximum absolute atomic E-state index is 5.72. The maximum atomic E-state index is 5.72. The Hall–Kier alpha value is -0.540. The van der Waals surface area contributed by atoms with Crippen LogP contribution in [0.25, 0.3) is 0 Å². The highest BCUT2D eigenvalue weighted by Gasteiger charge is 2.13. The van der Waals surface area contributed by atoms with Gasteiger partial charge in [0.1, 0.15) is 11.5 Å². The molecule has 2 rings (SSSR count). The summed E-state index contributed by atoms with van der Waals surface area (Å²) in [5.41, 5.74) is 1.19. The van der Waals surface area contributed by atoms with Gasteiger partial charge in [0, 0.05) is 10.9 Å². The van der Waals surface area contributed by atoms with E-state index in [1.807, 2.05) is 24.3 Å². The van der Waals surface area contributed by atoms with Gasteiger partial charge in [-0.05, 0) is 29.8 Å². The van der Waals surface area contributed by atoms with Crippen LogP contribution in [0.4, 0.5) is 0 Å². The molecule has 0 fully saturated rings. The van der Waals surface area contributed by atoms with Gasteiger partial charge in [-0.3, -0.25) is 0 Å². The van der Waals surface area contributed by atoms with E-state index in [4.69, 9.17) is 4.42 Å². The average Bonchev–Trinajstić information content (AvgIpc) is 2.77. The standard InChI is InChI=1S/C13H12Br2O/c1-2-11-7-8-12(16-11)13(15)9-3-5-10(14)6-4-9/h3-8,13H,2H2,1H3. The van der Waals surface area contributed by atoms with Gasteiger partial charge in [0.05, 0.1) is 4.83 Å². The molecule has 1 aromatic heterocycles. The van der Waals surface area contributed by atoms with E-state index in [2.05, 4.69) is 50.9 Å². The van der Waals surface area contributed by atoms with Gasteiger partial charge in [-0.15, -0.1) is 0 Å². The molecule has 0 saturated carbocycles. The number of furan rings is 1. The van der Waals surface area contributed by atoms with Crippen molar-refractivity contribution in [3.63, 3.8) is 0 Å². The number of aryl methyl sites for hydroxylation is 1. The zero-order valence-corrected chi connectivity index (χ0v) is 12.1. The van der Waals surface area contributed by atoms with E-state index >= 15 is 0 Å². The van der Waals surface area contributed by atoms with Crippen molar-refractivity contribution in [2.24, 2.45) is 0 Å². The van der Waals surface area contributed by atoms with Crippen LogP contribution < -0.4 is 0 Å². The minimum atomic E-state index is 0.126. The molecule has 84 valence electrons. The molecule has 0 N–H and O–H groups in total. The number of alkyl halides is 1. The Morgan fingerprint density at radius 1 is 1.12 bits per heavy atom. The van der Waals surface area contributed by atoms with Crippen LogP contribution in [0, 0.1) is 0 Å². The van der Waals surface area contributed by atoms with Crippen molar-refractivity contribution < 1.29 is 4.42 Å². The van der Waals surface area contributed by atoms with Crippen molar-refractivity contribution >= 4 is 31.9 Å². The summed E-state index contributed by atoms with van der Waals surface area (Å²) in [6.45, 7) is 2.09. The molecule has 0 aliphatic rings. The van der Waals surface area contributed by atoms with Gasteiger partial charge >= 0.3 is 0 Å². The second-order valence-electron chi connectivity index (χ2n) is 3.57. The fraction of sp³-hybridized carbons (Fsp3) is 0.231. The molecule has 0 amide bonds. The summed E-state index contributed by atoms with van der Waals surface area (Å²) >= 11 is 7.08. The predicted molar refractivity (Wildman–Crippen MR) is 73.0 cm³/mol. The van der Waals surface area contributed by atoms with Crippen LogP contribution >= 0.6 is 31.9 Å². The highest BCUT2D eigenvalue weighted by molar-refractivity contribution is 9.10. The SMILES string of the molecule is CCc1ccc(C(Br)c2ccc(Br)cc2)o1. The first-order valence-electron chi connectivity index (χ1n) is 5.19. The third-order valence-corrected chi connectivity index (χ3v) is 3.95. The average molecular weight is 344 g/mol. The molecule has 1 unspecified atom stereocenters. The summed E-state index contributed by atoms with van der Waals surface area (Å²) in [7, 11) is 0. The summed E-state index contributed by atoms with van der Waals surface area (Å²) in [6, 6.07) is 12.3. The highest BCUT2D eigenvalue weighted by Crippen LogP contribution is 2.32. The van der Waals surface area contributed by atoms with Gasteiger partial charge in [-0.25, -0.2) is 0 Å². The summed E-state index contributed by atoms with van der Waals surface area (Å²) in [4.78, 5) is 0.126. The first kappa shape index (κ1) is 11.9. The van der Waals surface area contributed by atoms with Gasteiger partial charge < -0.3 is 4.42 Å². The van der Waals surface area contributed by atoms with Crippen LogP contribution in [0.15, 0.2) is 45.3 Å². The third kappa shape index (κ3) is 2.58. The van der Waals surface area contributed by atoms with Crippen LogP contribution in [0.1, 0.15) is 28.8 Å². The second-order valence-corrected chi connectivity index (χ2v) is 5.40. The Bertz CT molecular complexity index is 459. The molecule has 0 bridgehead atoms. The topological polar surface area (TPSA) is 13.1 Å². The molecule has 1 nitrogen and oxygen atoms in total. The monoisotopic (exact) mass is 342 g/mol. The Balaban J connectivity index is 2.24. The summed E-state index contributed by atoms with van der Waals surface area (Å²) < 4.78 is 6.81. The van der Waals surface area contributed by atoms with Crippen LogP contribution in [0.5, 0.6) is 0 Å². The Labute approximate surface area is 112 Å². The fourth-order valence-electron chi connectivity index (χ4n) is 1.52. The van der Waals surface area contributed by atoms with E-state index in [1.165, 1.54) is 5.56 Å². The zero-order chi connectivity index (χ0) is 11.5. The largest absolute Gasteiger partial charge is 0.465 e. The minimum Gasteiger partial charge on any atom is -0.465 e. The van der Waals surface area contributed by atoms with Crippen molar-refractivity contribution in [2.45, 2.75) is 18.2 Å². The molecule has 16 heavy (non-hydrogen) atoms. The van der Waals surface area contributed by atoms with Crippen LogP contribution in [0.2, 0.25) is 0 Å². The Kier molecular flexibility index (Phi) is 3.87. The molecular weight excluding hydrogens is 332 g/mol. The van der Waals surface area contributed by atoms with Crippen molar-refractivity contribution in [1.29, 1.82) is 0 Å². The quantitative estimate of drug-likeness (QED) is 0.707. The molecule has 2 aromatic rings. The first-order chi connectivity index (χ1) is 7.70. The Morgan fingerprint density at radius 2 is 1.81 bits per heavy atom.